The Morgan fingerprint density at radius 1 is 1.67 bits per heavy atom. The molecule has 0 radical (unpaired) electrons. The molecule has 1 fully saturated rings. The van der Waals surface area contributed by atoms with Gasteiger partial charge in [0.05, 0.1) is 11.0 Å². The van der Waals surface area contributed by atoms with E-state index in [1.165, 1.54) is 11.3 Å². The van der Waals surface area contributed by atoms with Gasteiger partial charge < -0.3 is 10.4 Å². The molecule has 2 rings (SSSR count). The number of aliphatic hydroxyl groups excluding tert-OH is 1. The molecular weight excluding hydrogens is 210 g/mol. The topological polar surface area (TPSA) is 49.3 Å². The Balaban J connectivity index is 1.80. The van der Waals surface area contributed by atoms with E-state index in [0.29, 0.717) is 12.5 Å². The maximum atomic E-state index is 11.7. The molecule has 1 heterocycles. The highest BCUT2D eigenvalue weighted by molar-refractivity contribution is 7.12. The third-order valence-corrected chi connectivity index (χ3v) is 3.85. The number of aliphatic hydroxyl groups is 1. The molecule has 0 saturated heterocycles. The maximum Gasteiger partial charge on any atom is 0.261 e. The van der Waals surface area contributed by atoms with Crippen molar-refractivity contribution < 1.29 is 9.90 Å². The van der Waals surface area contributed by atoms with Gasteiger partial charge in [-0.25, -0.2) is 0 Å². The summed E-state index contributed by atoms with van der Waals surface area (Å²) in [6, 6.07) is 1.95. The van der Waals surface area contributed by atoms with Crippen LogP contribution < -0.4 is 5.32 Å². The zero-order chi connectivity index (χ0) is 10.8. The number of carbonyl (C=O) groups excluding carboxylic acids is 1. The summed E-state index contributed by atoms with van der Waals surface area (Å²) < 4.78 is 0. The van der Waals surface area contributed by atoms with Gasteiger partial charge in [-0.05, 0) is 42.7 Å². The van der Waals surface area contributed by atoms with Crippen LogP contribution in [0, 0.1) is 12.8 Å². The zero-order valence-electron chi connectivity index (χ0n) is 8.69. The first kappa shape index (κ1) is 10.6. The van der Waals surface area contributed by atoms with E-state index < -0.39 is 0 Å². The van der Waals surface area contributed by atoms with Crippen LogP contribution in [0.3, 0.4) is 0 Å². The lowest BCUT2D eigenvalue weighted by atomic mass is 9.82. The lowest BCUT2D eigenvalue weighted by Crippen LogP contribution is -2.38. The molecule has 2 N–H and O–H groups in total. The van der Waals surface area contributed by atoms with Crippen molar-refractivity contribution in [2.24, 2.45) is 5.92 Å². The fraction of sp³-hybridized carbons (Fsp3) is 0.545. The van der Waals surface area contributed by atoms with Crippen LogP contribution in [0.15, 0.2) is 11.4 Å². The molecule has 3 nitrogen and oxygen atoms in total. The Morgan fingerprint density at radius 3 is 2.93 bits per heavy atom. The Hall–Kier alpha value is -0.870. The van der Waals surface area contributed by atoms with Crippen LogP contribution in [0.4, 0.5) is 0 Å². The molecule has 0 aliphatic heterocycles. The van der Waals surface area contributed by atoms with Crippen LogP contribution >= 0.6 is 11.3 Å². The Kier molecular flexibility index (Phi) is 3.07. The lowest BCUT2D eigenvalue weighted by molar-refractivity contribution is 0.0420. The zero-order valence-corrected chi connectivity index (χ0v) is 9.51. The SMILES string of the molecule is Cc1ccsc1C(=O)NCC1CC(O)C1. The summed E-state index contributed by atoms with van der Waals surface area (Å²) in [4.78, 5) is 12.5. The second kappa shape index (κ2) is 4.33. The van der Waals surface area contributed by atoms with Crippen molar-refractivity contribution in [1.29, 1.82) is 0 Å². The van der Waals surface area contributed by atoms with Gasteiger partial charge in [0.1, 0.15) is 0 Å². The molecule has 1 amide bonds. The van der Waals surface area contributed by atoms with E-state index in [2.05, 4.69) is 5.32 Å². The second-order valence-corrected chi connectivity index (χ2v) is 5.05. The molecule has 0 bridgehead atoms. The van der Waals surface area contributed by atoms with Gasteiger partial charge in [-0.1, -0.05) is 0 Å². The molecule has 4 heteroatoms. The number of amides is 1. The number of hydrogen-bond acceptors (Lipinski definition) is 3. The van der Waals surface area contributed by atoms with E-state index >= 15 is 0 Å². The standard InChI is InChI=1S/C11H15NO2S/c1-7-2-3-15-10(7)11(14)12-6-8-4-9(13)5-8/h2-3,8-9,13H,4-6H2,1H3,(H,12,14). The molecule has 1 aliphatic rings. The summed E-state index contributed by atoms with van der Waals surface area (Å²) >= 11 is 1.47. The number of thiophene rings is 1. The highest BCUT2D eigenvalue weighted by Gasteiger charge is 2.27. The van der Waals surface area contributed by atoms with Gasteiger partial charge in [0.25, 0.3) is 5.91 Å². The van der Waals surface area contributed by atoms with Crippen molar-refractivity contribution in [2.45, 2.75) is 25.9 Å². The van der Waals surface area contributed by atoms with Crippen molar-refractivity contribution in [3.63, 3.8) is 0 Å². The Bertz CT molecular complexity index is 355. The summed E-state index contributed by atoms with van der Waals surface area (Å²) in [7, 11) is 0. The highest BCUT2D eigenvalue weighted by atomic mass is 32.1. The number of hydrogen-bond donors (Lipinski definition) is 2. The third-order valence-electron chi connectivity index (χ3n) is 2.83. The normalized spacial score (nSPS) is 24.7. The summed E-state index contributed by atoms with van der Waals surface area (Å²) in [5.74, 6) is 0.480. The van der Waals surface area contributed by atoms with Gasteiger partial charge >= 0.3 is 0 Å². The number of aryl methyl sites for hydroxylation is 1. The van der Waals surface area contributed by atoms with E-state index in [4.69, 9.17) is 5.11 Å². The predicted molar refractivity (Wildman–Crippen MR) is 60.1 cm³/mol. The van der Waals surface area contributed by atoms with Crippen LogP contribution in [-0.2, 0) is 0 Å². The second-order valence-electron chi connectivity index (χ2n) is 4.13. The molecule has 0 unspecified atom stereocenters. The van der Waals surface area contributed by atoms with E-state index in [1.54, 1.807) is 0 Å². The first-order chi connectivity index (χ1) is 7.16. The number of rotatable bonds is 3. The van der Waals surface area contributed by atoms with Crippen LogP contribution in [0.5, 0.6) is 0 Å². The summed E-state index contributed by atoms with van der Waals surface area (Å²) in [6.07, 6.45) is 1.50. The van der Waals surface area contributed by atoms with E-state index in [0.717, 1.165) is 23.3 Å². The minimum Gasteiger partial charge on any atom is -0.393 e. The molecular formula is C11H15NO2S. The van der Waals surface area contributed by atoms with Gasteiger partial charge in [-0.3, -0.25) is 4.79 Å². The Morgan fingerprint density at radius 2 is 2.40 bits per heavy atom. The molecule has 1 saturated carbocycles. The molecule has 0 atom stereocenters. The first-order valence-corrected chi connectivity index (χ1v) is 6.05. The van der Waals surface area contributed by atoms with Crippen molar-refractivity contribution in [3.8, 4) is 0 Å². The van der Waals surface area contributed by atoms with Crippen LogP contribution in [0.25, 0.3) is 0 Å². The average Bonchev–Trinajstić information content (AvgIpc) is 2.57. The molecule has 1 aromatic rings. The fourth-order valence-corrected chi connectivity index (χ4v) is 2.63. The van der Waals surface area contributed by atoms with Crippen molar-refractivity contribution in [2.75, 3.05) is 6.54 Å². The largest absolute Gasteiger partial charge is 0.393 e. The molecule has 1 aromatic heterocycles. The predicted octanol–water partition coefficient (Wildman–Crippen LogP) is 1.56. The summed E-state index contributed by atoms with van der Waals surface area (Å²) in [6.45, 7) is 2.63. The molecule has 0 aromatic carbocycles. The molecule has 82 valence electrons. The van der Waals surface area contributed by atoms with Gasteiger partial charge in [0.2, 0.25) is 0 Å². The van der Waals surface area contributed by atoms with Gasteiger partial charge in [-0.15, -0.1) is 11.3 Å². The number of nitrogens with one attached hydrogen (secondary N) is 1. The Labute approximate surface area is 93.1 Å². The van der Waals surface area contributed by atoms with Crippen molar-refractivity contribution in [3.05, 3.63) is 21.9 Å². The van der Waals surface area contributed by atoms with Gasteiger partial charge in [0.15, 0.2) is 0 Å². The fourth-order valence-electron chi connectivity index (χ4n) is 1.79. The quantitative estimate of drug-likeness (QED) is 0.820. The van der Waals surface area contributed by atoms with E-state index in [-0.39, 0.29) is 12.0 Å². The summed E-state index contributed by atoms with van der Waals surface area (Å²) in [5, 5.41) is 13.9. The molecule has 15 heavy (non-hydrogen) atoms. The minimum atomic E-state index is -0.143. The van der Waals surface area contributed by atoms with Crippen molar-refractivity contribution in [1.82, 2.24) is 5.32 Å². The van der Waals surface area contributed by atoms with Gasteiger partial charge in [0, 0.05) is 6.54 Å². The molecule has 0 spiro atoms. The van der Waals surface area contributed by atoms with Crippen LogP contribution in [-0.4, -0.2) is 23.7 Å². The van der Waals surface area contributed by atoms with E-state index in [1.807, 2.05) is 18.4 Å². The third kappa shape index (κ3) is 2.38. The van der Waals surface area contributed by atoms with Crippen molar-refractivity contribution >= 4 is 17.2 Å². The average molecular weight is 225 g/mol. The minimum absolute atomic E-state index is 0.0175. The monoisotopic (exact) mass is 225 g/mol. The summed E-state index contributed by atoms with van der Waals surface area (Å²) in [5.41, 5.74) is 1.03. The maximum absolute atomic E-state index is 11.7. The van der Waals surface area contributed by atoms with Crippen LogP contribution in [0.2, 0.25) is 0 Å². The first-order valence-electron chi connectivity index (χ1n) is 5.17. The number of carbonyl (C=O) groups is 1. The lowest BCUT2D eigenvalue weighted by Gasteiger charge is -2.31. The highest BCUT2D eigenvalue weighted by Crippen LogP contribution is 2.26. The smallest absolute Gasteiger partial charge is 0.261 e. The van der Waals surface area contributed by atoms with Crippen LogP contribution in [0.1, 0.15) is 28.1 Å². The molecule has 1 aliphatic carbocycles. The van der Waals surface area contributed by atoms with E-state index in [9.17, 15) is 4.79 Å². The van der Waals surface area contributed by atoms with Gasteiger partial charge in [-0.2, -0.15) is 0 Å².